The van der Waals surface area contributed by atoms with Crippen molar-refractivity contribution in [1.29, 1.82) is 0 Å². The Morgan fingerprint density at radius 2 is 1.73 bits per heavy atom. The number of hydrogen-bond donors (Lipinski definition) is 3. The number of H-pyrrole nitrogens is 1. The molecule has 11 rings (SSSR count). The van der Waals surface area contributed by atoms with E-state index in [1.54, 1.807) is 17.2 Å². The van der Waals surface area contributed by atoms with Gasteiger partial charge in [-0.15, -0.1) is 0 Å². The second kappa shape index (κ2) is 17.2. The third-order valence-electron chi connectivity index (χ3n) is 15.2. The van der Waals surface area contributed by atoms with Gasteiger partial charge in [-0.3, -0.25) is 19.8 Å². The number of ether oxygens (including phenoxy) is 2. The Morgan fingerprint density at radius 3 is 2.50 bits per heavy atom. The van der Waals surface area contributed by atoms with Gasteiger partial charge in [0.05, 0.1) is 27.6 Å². The summed E-state index contributed by atoms with van der Waals surface area (Å²) in [7, 11) is -4.55. The molecule has 2 atom stereocenters. The number of amides is 1. The lowest BCUT2D eigenvalue weighted by atomic mass is 9.67. The molecule has 15 nitrogen and oxygen atoms in total. The molecule has 3 aromatic carbocycles. The minimum Gasteiger partial charge on any atom is -0.471 e. The quantitative estimate of drug-likeness (QED) is 0.0803. The lowest BCUT2D eigenvalue weighted by molar-refractivity contribution is -0.384. The molecule has 5 fully saturated rings. The smallest absolute Gasteiger partial charge is 0.293 e. The SMILES string of the molecule is C[C@@H]1CN(c2cc(N3CC4(CCC(N5CCCC5c5ccccc5C5CC5)CC4)C3)ccc2C(=O)NS(=O)(=O)c2ccc(NCC3CCOCC3)c([N+](=O)[O-])c2)c2cc3cc[nH]c3nc2O1. The summed E-state index contributed by atoms with van der Waals surface area (Å²) in [6.45, 7) is 7.07. The third kappa shape index (κ3) is 8.25. The molecule has 0 bridgehead atoms. The Labute approximate surface area is 385 Å². The van der Waals surface area contributed by atoms with Gasteiger partial charge in [-0.25, -0.2) is 13.1 Å². The first-order valence-electron chi connectivity index (χ1n) is 23.8. The first-order chi connectivity index (χ1) is 32.0. The van der Waals surface area contributed by atoms with Gasteiger partial charge < -0.3 is 29.6 Å². The van der Waals surface area contributed by atoms with Crippen molar-refractivity contribution >= 4 is 55.4 Å². The first-order valence-corrected chi connectivity index (χ1v) is 25.3. The van der Waals surface area contributed by atoms with Gasteiger partial charge in [0, 0.05) is 73.7 Å². The zero-order valence-corrected chi connectivity index (χ0v) is 38.2. The number of fused-ring (bicyclic) bond motifs is 2. The molecule has 16 heteroatoms. The van der Waals surface area contributed by atoms with Crippen molar-refractivity contribution in [2.45, 2.75) is 100 Å². The van der Waals surface area contributed by atoms with Crippen LogP contribution in [0.25, 0.3) is 11.0 Å². The van der Waals surface area contributed by atoms with Gasteiger partial charge in [-0.1, -0.05) is 24.3 Å². The predicted molar refractivity (Wildman–Crippen MR) is 253 cm³/mol. The van der Waals surface area contributed by atoms with Crippen molar-refractivity contribution in [3.05, 3.63) is 106 Å². The molecule has 6 aliphatic rings. The van der Waals surface area contributed by atoms with Gasteiger partial charge in [-0.05, 0) is 143 Å². The molecular formula is C50H58N8O7S. The van der Waals surface area contributed by atoms with E-state index in [2.05, 4.69) is 49.1 Å². The lowest BCUT2D eigenvalue weighted by Gasteiger charge is -2.55. The number of rotatable bonds is 12. The third-order valence-corrected chi connectivity index (χ3v) is 16.6. The number of pyridine rings is 1. The fourth-order valence-electron chi connectivity index (χ4n) is 11.5. The number of benzene rings is 3. The largest absolute Gasteiger partial charge is 0.471 e. The summed E-state index contributed by atoms with van der Waals surface area (Å²) in [4.78, 5) is 40.7. The van der Waals surface area contributed by atoms with Gasteiger partial charge in [0.1, 0.15) is 23.1 Å². The molecule has 3 N–H and O–H groups in total. The second-order valence-corrected chi connectivity index (χ2v) is 21.3. The fourth-order valence-corrected chi connectivity index (χ4v) is 12.5. The van der Waals surface area contributed by atoms with E-state index >= 15 is 0 Å². The zero-order valence-electron chi connectivity index (χ0n) is 37.4. The van der Waals surface area contributed by atoms with E-state index in [0.29, 0.717) is 61.3 Å². The lowest BCUT2D eigenvalue weighted by Crippen LogP contribution is -2.59. The monoisotopic (exact) mass is 914 g/mol. The number of aromatic nitrogens is 2. The van der Waals surface area contributed by atoms with Crippen molar-refractivity contribution in [2.75, 3.05) is 61.1 Å². The number of nitrogens with zero attached hydrogens (tertiary/aromatic N) is 5. The van der Waals surface area contributed by atoms with E-state index in [0.717, 1.165) is 49.0 Å². The molecule has 0 radical (unpaired) electrons. The number of carbonyl (C=O) groups excluding carboxylic acids is 1. The Hall–Kier alpha value is -5.71. The molecule has 4 aliphatic heterocycles. The maximum atomic E-state index is 14.4. The summed E-state index contributed by atoms with van der Waals surface area (Å²) in [6.07, 6.45) is 13.0. The fraction of sp³-hybridized carbons (Fsp3) is 0.480. The number of anilines is 4. The predicted octanol–water partition coefficient (Wildman–Crippen LogP) is 8.81. The standard InChI is InChI=1S/C50H58N8O7S/c1-32-29-57(46-25-35-16-21-51-47(35)53-49(46)65-32)44-26-37(55-30-50(31-55)19-14-36(15-20-50)56-22-4-7-43(56)40-6-3-2-5-39(40)34-8-9-34)10-12-41(44)48(59)54-66(62,63)38-11-13-42(45(27-38)58(60)61)52-28-33-17-23-64-24-18-33/h2-3,5-6,10-13,16,21,25-27,32-34,36,43,52H,4,7-9,14-15,17-20,22-24,28-31H2,1H3,(H,51,53)(H,54,59)/t32-,43?/m1/s1. The summed E-state index contributed by atoms with van der Waals surface area (Å²) in [5, 5.41) is 16.2. The maximum Gasteiger partial charge on any atom is 0.293 e. The van der Waals surface area contributed by atoms with Crippen LogP contribution in [0.2, 0.25) is 0 Å². The summed E-state index contributed by atoms with van der Waals surface area (Å²) in [6, 6.07) is 23.5. The molecule has 346 valence electrons. The molecule has 1 spiro atoms. The number of nitrogens with one attached hydrogen (secondary N) is 3. The van der Waals surface area contributed by atoms with E-state index in [1.807, 2.05) is 42.3 Å². The van der Waals surface area contributed by atoms with Crippen molar-refractivity contribution in [3.8, 4) is 5.88 Å². The van der Waals surface area contributed by atoms with Crippen LogP contribution in [0.4, 0.5) is 28.4 Å². The van der Waals surface area contributed by atoms with Crippen LogP contribution >= 0.6 is 0 Å². The molecule has 1 amide bonds. The maximum absolute atomic E-state index is 14.4. The number of nitro benzene ring substituents is 1. The summed E-state index contributed by atoms with van der Waals surface area (Å²) >= 11 is 0. The summed E-state index contributed by atoms with van der Waals surface area (Å²) < 4.78 is 41.8. The van der Waals surface area contributed by atoms with Crippen molar-refractivity contribution in [3.63, 3.8) is 0 Å². The molecule has 2 saturated carbocycles. The highest BCUT2D eigenvalue weighted by Gasteiger charge is 2.48. The minimum absolute atomic E-state index is 0.139. The average molecular weight is 915 g/mol. The Morgan fingerprint density at radius 1 is 0.939 bits per heavy atom. The van der Waals surface area contributed by atoms with Crippen molar-refractivity contribution in [2.24, 2.45) is 11.3 Å². The Kier molecular flexibility index (Phi) is 11.2. The average Bonchev–Trinajstić information content (AvgIpc) is 3.86. The van der Waals surface area contributed by atoms with E-state index in [-0.39, 0.29) is 39.3 Å². The van der Waals surface area contributed by atoms with E-state index in [4.69, 9.17) is 14.5 Å². The molecule has 66 heavy (non-hydrogen) atoms. The number of aromatic amines is 1. The molecule has 1 unspecified atom stereocenters. The molecule has 5 aromatic rings. The molecule has 6 heterocycles. The highest BCUT2D eigenvalue weighted by Crippen LogP contribution is 2.51. The van der Waals surface area contributed by atoms with Gasteiger partial charge in [0.2, 0.25) is 5.88 Å². The molecule has 2 aliphatic carbocycles. The topological polar surface area (TPSA) is 175 Å². The van der Waals surface area contributed by atoms with Crippen molar-refractivity contribution < 1.29 is 27.6 Å². The molecule has 3 saturated heterocycles. The number of sulfonamides is 1. The van der Waals surface area contributed by atoms with Gasteiger partial charge in [0.15, 0.2) is 0 Å². The summed E-state index contributed by atoms with van der Waals surface area (Å²) in [5.41, 5.74) is 6.13. The van der Waals surface area contributed by atoms with E-state index in [9.17, 15) is 23.3 Å². The number of nitro groups is 1. The normalized spacial score (nSPS) is 22.5. The van der Waals surface area contributed by atoms with Crippen LogP contribution in [-0.2, 0) is 14.8 Å². The number of likely N-dealkylation sites (tertiary alicyclic amines) is 1. The van der Waals surface area contributed by atoms with Gasteiger partial charge in [-0.2, -0.15) is 4.98 Å². The van der Waals surface area contributed by atoms with Crippen LogP contribution in [0, 0.1) is 21.4 Å². The van der Waals surface area contributed by atoms with Crippen LogP contribution in [-0.4, -0.2) is 92.2 Å². The van der Waals surface area contributed by atoms with Gasteiger partial charge in [0.25, 0.3) is 21.6 Å². The van der Waals surface area contributed by atoms with E-state index in [1.165, 1.54) is 70.0 Å². The Balaban J connectivity index is 0.838. The highest BCUT2D eigenvalue weighted by molar-refractivity contribution is 7.90. The minimum atomic E-state index is -4.55. The van der Waals surface area contributed by atoms with Crippen LogP contribution in [0.3, 0.4) is 0 Å². The highest BCUT2D eigenvalue weighted by atomic mass is 32.2. The second-order valence-electron chi connectivity index (χ2n) is 19.7. The molecule has 2 aromatic heterocycles. The van der Waals surface area contributed by atoms with E-state index < -0.39 is 20.9 Å². The zero-order chi connectivity index (χ0) is 45.2. The first kappa shape index (κ1) is 42.9. The Bertz CT molecular complexity index is 2770. The van der Waals surface area contributed by atoms with Crippen molar-refractivity contribution in [1.82, 2.24) is 19.6 Å². The van der Waals surface area contributed by atoms with Crippen LogP contribution in [0.5, 0.6) is 5.88 Å². The van der Waals surface area contributed by atoms with Crippen LogP contribution in [0.1, 0.15) is 105 Å². The van der Waals surface area contributed by atoms with Gasteiger partial charge >= 0.3 is 0 Å². The molecular weight excluding hydrogens is 857 g/mol. The number of carbonyl (C=O) groups is 1. The van der Waals surface area contributed by atoms with Crippen LogP contribution < -0.4 is 24.6 Å². The van der Waals surface area contributed by atoms with Crippen LogP contribution in [0.15, 0.2) is 83.9 Å². The number of hydrogen-bond acceptors (Lipinski definition) is 12. The summed E-state index contributed by atoms with van der Waals surface area (Å²) in [5.74, 6) is 0.579.